The van der Waals surface area contributed by atoms with E-state index in [0.29, 0.717) is 5.95 Å². The number of benzene rings is 3. The molecule has 5 aromatic rings. The van der Waals surface area contributed by atoms with Crippen LogP contribution in [-0.4, -0.2) is 17.1 Å². The smallest absolute Gasteiger partial charge is 0.222 e. The maximum absolute atomic E-state index is 6.30. The van der Waals surface area contributed by atoms with E-state index >= 15 is 0 Å². The quantitative estimate of drug-likeness (QED) is 0.382. The van der Waals surface area contributed by atoms with Gasteiger partial charge in [-0.15, -0.1) is 0 Å². The minimum atomic E-state index is 0.588. The van der Waals surface area contributed by atoms with Crippen LogP contribution in [0, 0.1) is 13.8 Å². The van der Waals surface area contributed by atoms with Gasteiger partial charge >= 0.3 is 0 Å². The largest absolute Gasteiger partial charge is 0.497 e. The van der Waals surface area contributed by atoms with Crippen molar-refractivity contribution in [1.29, 1.82) is 0 Å². The van der Waals surface area contributed by atoms with Gasteiger partial charge in [-0.25, -0.2) is 10.4 Å². The molecule has 0 saturated heterocycles. The lowest BCUT2D eigenvalue weighted by Gasteiger charge is -2.09. The van der Waals surface area contributed by atoms with E-state index in [9.17, 15) is 0 Å². The molecular formula is C25H22N4O2. The summed E-state index contributed by atoms with van der Waals surface area (Å²) >= 11 is 0. The summed E-state index contributed by atoms with van der Waals surface area (Å²) < 4.78 is 11.6. The molecule has 0 aliphatic heterocycles. The first-order valence-electron chi connectivity index (χ1n) is 10.0. The fourth-order valence-corrected chi connectivity index (χ4v) is 3.73. The number of hydrogen-bond donors (Lipinski definition) is 2. The molecule has 0 unspecified atom stereocenters. The standard InChI is InChI=1S/C25H22N4O2/c1-15-12-16(2)24-19(13-15)22(14-23(31-24)17-8-10-18(30-3)11-9-17)28-29-25-26-20-6-4-5-7-21(20)27-25/h4-14H,1-3H3,(H2,26,27,29)/b28-22+. The van der Waals surface area contributed by atoms with Crippen LogP contribution in [0.3, 0.4) is 0 Å². The molecule has 0 aliphatic carbocycles. The Bertz CT molecular complexity index is 1430. The van der Waals surface area contributed by atoms with Crippen molar-refractivity contribution < 1.29 is 9.15 Å². The Kier molecular flexibility index (Phi) is 4.67. The molecule has 0 radical (unpaired) electrons. The second-order valence-corrected chi connectivity index (χ2v) is 7.51. The van der Waals surface area contributed by atoms with Crippen molar-refractivity contribution in [3.63, 3.8) is 0 Å². The summed E-state index contributed by atoms with van der Waals surface area (Å²) in [6.07, 6.45) is 0. The topological polar surface area (TPSA) is 75.4 Å². The number of aromatic nitrogens is 2. The van der Waals surface area contributed by atoms with E-state index in [4.69, 9.17) is 9.15 Å². The monoisotopic (exact) mass is 410 g/mol. The van der Waals surface area contributed by atoms with Crippen molar-refractivity contribution in [1.82, 2.24) is 9.97 Å². The first kappa shape index (κ1) is 18.9. The maximum atomic E-state index is 6.30. The van der Waals surface area contributed by atoms with E-state index in [1.54, 1.807) is 7.11 Å². The van der Waals surface area contributed by atoms with Crippen LogP contribution in [0.5, 0.6) is 5.75 Å². The average molecular weight is 410 g/mol. The van der Waals surface area contributed by atoms with Crippen LogP contribution in [0.15, 0.2) is 76.2 Å². The Hall–Kier alpha value is -4.06. The first-order valence-corrected chi connectivity index (χ1v) is 10.0. The Balaban J connectivity index is 1.66. The molecule has 0 amide bonds. The fourth-order valence-electron chi connectivity index (χ4n) is 3.73. The van der Waals surface area contributed by atoms with Crippen LogP contribution in [0.25, 0.3) is 33.3 Å². The molecule has 0 fully saturated rings. The highest BCUT2D eigenvalue weighted by Crippen LogP contribution is 2.26. The minimum Gasteiger partial charge on any atom is -0.497 e. The highest BCUT2D eigenvalue weighted by Gasteiger charge is 2.10. The molecule has 0 spiro atoms. The molecule has 0 aliphatic rings. The van der Waals surface area contributed by atoms with Crippen LogP contribution in [0.2, 0.25) is 0 Å². The van der Waals surface area contributed by atoms with Gasteiger partial charge in [-0.3, -0.25) is 0 Å². The van der Waals surface area contributed by atoms with Crippen LogP contribution < -0.4 is 15.5 Å². The summed E-state index contributed by atoms with van der Waals surface area (Å²) in [5.41, 5.74) is 8.89. The number of nitrogens with one attached hydrogen (secondary N) is 2. The number of para-hydroxylation sites is 2. The zero-order valence-electron chi connectivity index (χ0n) is 17.6. The van der Waals surface area contributed by atoms with Crippen molar-refractivity contribution in [2.24, 2.45) is 5.10 Å². The molecule has 0 saturated carbocycles. The number of H-pyrrole nitrogens is 1. The molecule has 5 rings (SSSR count). The molecule has 0 atom stereocenters. The van der Waals surface area contributed by atoms with Crippen molar-refractivity contribution in [2.45, 2.75) is 13.8 Å². The molecule has 6 heteroatoms. The number of aryl methyl sites for hydroxylation is 2. The SMILES string of the molecule is COc1ccc(-c2c/c(=N\Nc3nc4ccccc4[nH]3)c3cc(C)cc(C)c3o2)cc1. The normalized spacial score (nSPS) is 11.9. The number of aromatic amines is 1. The Labute approximate surface area is 179 Å². The molecule has 2 aromatic heterocycles. The van der Waals surface area contributed by atoms with E-state index in [1.807, 2.05) is 61.5 Å². The van der Waals surface area contributed by atoms with Crippen molar-refractivity contribution in [3.05, 3.63) is 83.2 Å². The number of rotatable bonds is 4. The van der Waals surface area contributed by atoms with Gasteiger partial charge in [0.05, 0.1) is 23.5 Å². The van der Waals surface area contributed by atoms with E-state index in [1.165, 1.54) is 0 Å². The number of anilines is 1. The number of methoxy groups -OCH3 is 1. The third-order valence-corrected chi connectivity index (χ3v) is 5.22. The highest BCUT2D eigenvalue weighted by molar-refractivity contribution is 5.82. The zero-order chi connectivity index (χ0) is 21.4. The Morgan fingerprint density at radius 1 is 1.00 bits per heavy atom. The second-order valence-electron chi connectivity index (χ2n) is 7.51. The first-order chi connectivity index (χ1) is 15.1. The third-order valence-electron chi connectivity index (χ3n) is 5.22. The van der Waals surface area contributed by atoms with Gasteiger partial charge in [-0.05, 0) is 67.4 Å². The van der Waals surface area contributed by atoms with Gasteiger partial charge in [-0.1, -0.05) is 18.2 Å². The maximum Gasteiger partial charge on any atom is 0.222 e. The summed E-state index contributed by atoms with van der Waals surface area (Å²) in [5, 5.41) is 6.39. The number of nitrogens with zero attached hydrogens (tertiary/aromatic N) is 2. The number of imidazole rings is 1. The Morgan fingerprint density at radius 3 is 2.58 bits per heavy atom. The molecule has 0 bridgehead atoms. The van der Waals surface area contributed by atoms with Gasteiger partial charge in [0, 0.05) is 17.0 Å². The van der Waals surface area contributed by atoms with Crippen LogP contribution in [0.1, 0.15) is 11.1 Å². The lowest BCUT2D eigenvalue weighted by Crippen LogP contribution is -2.09. The number of fused-ring (bicyclic) bond motifs is 2. The van der Waals surface area contributed by atoms with Gasteiger partial charge < -0.3 is 14.1 Å². The van der Waals surface area contributed by atoms with Gasteiger partial charge in [0.25, 0.3) is 0 Å². The molecule has 2 heterocycles. The summed E-state index contributed by atoms with van der Waals surface area (Å²) in [5.74, 6) is 2.12. The van der Waals surface area contributed by atoms with Gasteiger partial charge in [0.2, 0.25) is 5.95 Å². The van der Waals surface area contributed by atoms with Gasteiger partial charge in [0.15, 0.2) is 0 Å². The molecule has 2 N–H and O–H groups in total. The lowest BCUT2D eigenvalue weighted by molar-refractivity contribution is 0.415. The van der Waals surface area contributed by atoms with Crippen LogP contribution >= 0.6 is 0 Å². The van der Waals surface area contributed by atoms with E-state index in [0.717, 1.165) is 55.6 Å². The predicted octanol–water partition coefficient (Wildman–Crippen LogP) is 5.53. The van der Waals surface area contributed by atoms with Crippen LogP contribution in [0.4, 0.5) is 5.95 Å². The number of ether oxygens (including phenoxy) is 1. The van der Waals surface area contributed by atoms with Crippen molar-refractivity contribution in [2.75, 3.05) is 12.5 Å². The predicted molar refractivity (Wildman–Crippen MR) is 123 cm³/mol. The van der Waals surface area contributed by atoms with Crippen molar-refractivity contribution in [3.8, 4) is 17.1 Å². The van der Waals surface area contributed by atoms with E-state index in [2.05, 4.69) is 39.6 Å². The van der Waals surface area contributed by atoms with Crippen LogP contribution in [-0.2, 0) is 0 Å². The minimum absolute atomic E-state index is 0.588. The molecule has 3 aromatic carbocycles. The highest BCUT2D eigenvalue weighted by atomic mass is 16.5. The molecular weight excluding hydrogens is 388 g/mol. The third kappa shape index (κ3) is 3.64. The summed E-state index contributed by atoms with van der Waals surface area (Å²) in [4.78, 5) is 7.79. The van der Waals surface area contributed by atoms with E-state index in [-0.39, 0.29) is 0 Å². The van der Waals surface area contributed by atoms with E-state index < -0.39 is 0 Å². The fraction of sp³-hybridized carbons (Fsp3) is 0.120. The molecule has 154 valence electrons. The van der Waals surface area contributed by atoms with Crippen molar-refractivity contribution >= 4 is 28.0 Å². The average Bonchev–Trinajstić information content (AvgIpc) is 3.21. The van der Waals surface area contributed by atoms with Gasteiger partial charge in [-0.2, -0.15) is 5.10 Å². The zero-order valence-corrected chi connectivity index (χ0v) is 17.6. The number of hydrogen-bond acceptors (Lipinski definition) is 5. The Morgan fingerprint density at radius 2 is 1.81 bits per heavy atom. The second kappa shape index (κ2) is 7.65. The van der Waals surface area contributed by atoms with Gasteiger partial charge in [0.1, 0.15) is 17.1 Å². The summed E-state index contributed by atoms with van der Waals surface area (Å²) in [6, 6.07) is 21.8. The molecule has 31 heavy (non-hydrogen) atoms. The lowest BCUT2D eigenvalue weighted by atomic mass is 10.1. The summed E-state index contributed by atoms with van der Waals surface area (Å²) in [6.45, 7) is 4.12. The summed E-state index contributed by atoms with van der Waals surface area (Å²) in [7, 11) is 1.65. The molecule has 6 nitrogen and oxygen atoms in total.